The zero-order valence-corrected chi connectivity index (χ0v) is 7.95. The largest absolute Gasteiger partial charge is 0.464 e. The fourth-order valence-electron chi connectivity index (χ4n) is 0.975. The van der Waals surface area contributed by atoms with E-state index >= 15 is 0 Å². The Balaban J connectivity index is 1.80. The van der Waals surface area contributed by atoms with Gasteiger partial charge >= 0.3 is 5.97 Å². The van der Waals surface area contributed by atoms with Gasteiger partial charge in [0, 0.05) is 13.7 Å². The first-order valence-electron chi connectivity index (χ1n) is 4.62. The zero-order valence-electron chi connectivity index (χ0n) is 7.95. The van der Waals surface area contributed by atoms with Crippen LogP contribution >= 0.6 is 0 Å². The molecule has 1 aliphatic rings. The predicted octanol–water partition coefficient (Wildman–Crippen LogP) is 0.745. The molecule has 1 aliphatic heterocycles. The van der Waals surface area contributed by atoms with Crippen LogP contribution in [-0.2, 0) is 19.0 Å². The van der Waals surface area contributed by atoms with Crippen molar-refractivity contribution >= 4 is 5.97 Å². The molecular formula is C9H16O4. The summed E-state index contributed by atoms with van der Waals surface area (Å²) in [6, 6.07) is 0. The Morgan fingerprint density at radius 3 is 2.69 bits per heavy atom. The second-order valence-electron chi connectivity index (χ2n) is 3.04. The van der Waals surface area contributed by atoms with Crippen molar-refractivity contribution in [3.05, 3.63) is 0 Å². The fourth-order valence-corrected chi connectivity index (χ4v) is 0.975. The third-order valence-electron chi connectivity index (χ3n) is 1.83. The van der Waals surface area contributed by atoms with Gasteiger partial charge in [-0.15, -0.1) is 0 Å². The summed E-state index contributed by atoms with van der Waals surface area (Å²) >= 11 is 0. The molecule has 0 radical (unpaired) electrons. The summed E-state index contributed by atoms with van der Waals surface area (Å²) in [7, 11) is 1.68. The van der Waals surface area contributed by atoms with Crippen molar-refractivity contribution in [3.63, 3.8) is 0 Å². The average molecular weight is 188 g/mol. The predicted molar refractivity (Wildman–Crippen MR) is 46.4 cm³/mol. The molecular weight excluding hydrogens is 172 g/mol. The second kappa shape index (κ2) is 5.94. The van der Waals surface area contributed by atoms with Gasteiger partial charge in [0.2, 0.25) is 0 Å². The van der Waals surface area contributed by atoms with Crippen LogP contribution in [-0.4, -0.2) is 39.0 Å². The normalized spacial score (nSPS) is 19.9. The molecule has 76 valence electrons. The van der Waals surface area contributed by atoms with Gasteiger partial charge in [0.25, 0.3) is 0 Å². The van der Waals surface area contributed by atoms with Crippen LogP contribution in [0.1, 0.15) is 19.3 Å². The second-order valence-corrected chi connectivity index (χ2v) is 3.04. The highest BCUT2D eigenvalue weighted by Gasteiger charge is 2.32. The molecule has 1 heterocycles. The lowest BCUT2D eigenvalue weighted by molar-refractivity contribution is -0.145. The van der Waals surface area contributed by atoms with Crippen molar-refractivity contribution in [1.82, 2.24) is 0 Å². The zero-order chi connectivity index (χ0) is 9.52. The summed E-state index contributed by atoms with van der Waals surface area (Å²) in [5, 5.41) is 0. The van der Waals surface area contributed by atoms with Crippen molar-refractivity contribution in [1.29, 1.82) is 0 Å². The van der Waals surface area contributed by atoms with Crippen LogP contribution in [0.15, 0.2) is 0 Å². The highest BCUT2D eigenvalue weighted by Crippen LogP contribution is 2.10. The summed E-state index contributed by atoms with van der Waals surface area (Å²) in [6.07, 6.45) is 2.70. The van der Waals surface area contributed by atoms with Crippen LogP contribution in [0.2, 0.25) is 0 Å². The molecule has 0 saturated carbocycles. The van der Waals surface area contributed by atoms with E-state index in [-0.39, 0.29) is 12.1 Å². The molecule has 1 saturated heterocycles. The summed E-state index contributed by atoms with van der Waals surface area (Å²) in [5.74, 6) is -0.216. The number of carbonyl (C=O) groups excluding carboxylic acids is 1. The van der Waals surface area contributed by atoms with Crippen LogP contribution < -0.4 is 0 Å². The van der Waals surface area contributed by atoms with Crippen molar-refractivity contribution in [2.24, 2.45) is 0 Å². The van der Waals surface area contributed by atoms with E-state index in [2.05, 4.69) is 0 Å². The fraction of sp³-hybridized carbons (Fsp3) is 0.889. The highest BCUT2D eigenvalue weighted by molar-refractivity contribution is 5.76. The minimum atomic E-state index is -0.265. The Labute approximate surface area is 78.2 Å². The molecule has 0 amide bonds. The van der Waals surface area contributed by atoms with Gasteiger partial charge in [-0.05, 0) is 19.3 Å². The van der Waals surface area contributed by atoms with Gasteiger partial charge in [-0.1, -0.05) is 0 Å². The number of hydrogen-bond acceptors (Lipinski definition) is 4. The summed E-state index contributed by atoms with van der Waals surface area (Å²) < 4.78 is 14.6. The van der Waals surface area contributed by atoms with Crippen molar-refractivity contribution in [3.8, 4) is 0 Å². The number of carbonyl (C=O) groups is 1. The molecule has 0 aromatic rings. The van der Waals surface area contributed by atoms with E-state index < -0.39 is 0 Å². The number of methoxy groups -OCH3 is 1. The summed E-state index contributed by atoms with van der Waals surface area (Å²) in [6.45, 7) is 1.81. The first-order valence-corrected chi connectivity index (χ1v) is 4.62. The van der Waals surface area contributed by atoms with Gasteiger partial charge in [0.05, 0.1) is 13.2 Å². The number of ether oxygens (including phenoxy) is 3. The Hall–Kier alpha value is -0.610. The van der Waals surface area contributed by atoms with Gasteiger partial charge in [0.1, 0.15) is 0 Å². The third-order valence-corrected chi connectivity index (χ3v) is 1.83. The molecule has 4 nitrogen and oxygen atoms in total. The first kappa shape index (κ1) is 10.5. The van der Waals surface area contributed by atoms with Crippen LogP contribution in [0.3, 0.4) is 0 Å². The molecule has 1 atom stereocenters. The lowest BCUT2D eigenvalue weighted by Gasteiger charge is -2.02. The maximum absolute atomic E-state index is 10.9. The topological polar surface area (TPSA) is 48.1 Å². The molecule has 0 spiro atoms. The molecule has 13 heavy (non-hydrogen) atoms. The number of esters is 1. The number of hydrogen-bond donors (Lipinski definition) is 0. The third kappa shape index (κ3) is 4.85. The molecule has 4 heteroatoms. The summed E-state index contributed by atoms with van der Waals surface area (Å²) in [4.78, 5) is 10.9. The van der Waals surface area contributed by atoms with Crippen molar-refractivity contribution in [2.45, 2.75) is 25.4 Å². The molecule has 0 aliphatic carbocycles. The molecule has 1 unspecified atom stereocenters. The minimum absolute atomic E-state index is 0.216. The molecule has 0 N–H and O–H groups in total. The molecule has 1 rings (SSSR count). The minimum Gasteiger partial charge on any atom is -0.464 e. The van der Waals surface area contributed by atoms with E-state index in [0.29, 0.717) is 13.2 Å². The first-order chi connectivity index (χ1) is 6.34. The van der Waals surface area contributed by atoms with Gasteiger partial charge in [-0.3, -0.25) is 0 Å². The van der Waals surface area contributed by atoms with Crippen LogP contribution in [0.5, 0.6) is 0 Å². The van der Waals surface area contributed by atoms with Crippen LogP contribution in [0.4, 0.5) is 0 Å². The lowest BCUT2D eigenvalue weighted by Crippen LogP contribution is -2.12. The van der Waals surface area contributed by atoms with Gasteiger partial charge in [-0.25, -0.2) is 4.79 Å². The van der Waals surface area contributed by atoms with Gasteiger partial charge in [-0.2, -0.15) is 0 Å². The Morgan fingerprint density at radius 1 is 1.38 bits per heavy atom. The number of unbranched alkanes of at least 4 members (excludes halogenated alkanes) is 2. The van der Waals surface area contributed by atoms with E-state index in [1.165, 1.54) is 0 Å². The van der Waals surface area contributed by atoms with E-state index in [9.17, 15) is 4.79 Å². The van der Waals surface area contributed by atoms with Crippen molar-refractivity contribution < 1.29 is 19.0 Å². The molecule has 0 aromatic carbocycles. The SMILES string of the molecule is COCCCCCOC(=O)C1CO1. The maximum atomic E-state index is 10.9. The maximum Gasteiger partial charge on any atom is 0.337 e. The van der Waals surface area contributed by atoms with Crippen LogP contribution in [0, 0.1) is 0 Å². The quantitative estimate of drug-likeness (QED) is 0.336. The molecule has 0 aromatic heterocycles. The summed E-state index contributed by atoms with van der Waals surface area (Å²) in [5.41, 5.74) is 0. The van der Waals surface area contributed by atoms with Gasteiger partial charge in [0.15, 0.2) is 6.10 Å². The Kier molecular flexibility index (Phi) is 4.78. The number of epoxide rings is 1. The van der Waals surface area contributed by atoms with E-state index in [4.69, 9.17) is 14.2 Å². The van der Waals surface area contributed by atoms with Gasteiger partial charge < -0.3 is 14.2 Å². The Morgan fingerprint density at radius 2 is 2.08 bits per heavy atom. The van der Waals surface area contributed by atoms with E-state index in [0.717, 1.165) is 25.9 Å². The standard InChI is InChI=1S/C9H16O4/c1-11-5-3-2-4-6-12-9(10)8-7-13-8/h8H,2-7H2,1H3. The highest BCUT2D eigenvalue weighted by atomic mass is 16.6. The monoisotopic (exact) mass is 188 g/mol. The van der Waals surface area contributed by atoms with E-state index in [1.54, 1.807) is 7.11 Å². The van der Waals surface area contributed by atoms with Crippen LogP contribution in [0.25, 0.3) is 0 Å². The smallest absolute Gasteiger partial charge is 0.337 e. The van der Waals surface area contributed by atoms with Crippen molar-refractivity contribution in [2.75, 3.05) is 26.9 Å². The average Bonchev–Trinajstić information content (AvgIpc) is 2.93. The lowest BCUT2D eigenvalue weighted by atomic mass is 10.2. The Bertz CT molecular complexity index is 154. The number of rotatable bonds is 7. The molecule has 1 fully saturated rings. The molecule has 0 bridgehead atoms. The van der Waals surface area contributed by atoms with E-state index in [1.807, 2.05) is 0 Å².